The van der Waals surface area contributed by atoms with Crippen LogP contribution in [0, 0.1) is 0 Å². The number of nitrogens with one attached hydrogen (secondary N) is 1. The van der Waals surface area contributed by atoms with Gasteiger partial charge in [-0.25, -0.2) is 0 Å². The number of likely N-dealkylation sites (tertiary alicyclic amines) is 1. The van der Waals surface area contributed by atoms with E-state index in [1.165, 1.54) is 0 Å². The highest BCUT2D eigenvalue weighted by Gasteiger charge is 2.23. The third-order valence-electron chi connectivity index (χ3n) is 4.81. The maximum atomic E-state index is 12.4. The zero-order valence-corrected chi connectivity index (χ0v) is 15.7. The summed E-state index contributed by atoms with van der Waals surface area (Å²) in [6.07, 6.45) is 3.08. The number of rotatable bonds is 7. The van der Waals surface area contributed by atoms with Crippen LogP contribution in [0.4, 0.5) is 0 Å². The van der Waals surface area contributed by atoms with E-state index in [9.17, 15) is 9.90 Å². The molecule has 6 heteroatoms. The summed E-state index contributed by atoms with van der Waals surface area (Å²) in [5.41, 5.74) is 1.84. The predicted molar refractivity (Wildman–Crippen MR) is 103 cm³/mol. The number of ether oxygens (including phenoxy) is 1. The van der Waals surface area contributed by atoms with Crippen LogP contribution >= 0.6 is 0 Å². The highest BCUT2D eigenvalue weighted by atomic mass is 16.5. The Balaban J connectivity index is 1.43. The predicted octanol–water partition coefficient (Wildman–Crippen LogP) is 2.12. The second-order valence-corrected chi connectivity index (χ2v) is 6.95. The van der Waals surface area contributed by atoms with Gasteiger partial charge in [-0.1, -0.05) is 18.2 Å². The molecule has 27 heavy (non-hydrogen) atoms. The number of carbonyl (C=O) groups excluding carboxylic acids is 1. The van der Waals surface area contributed by atoms with Crippen molar-refractivity contribution < 1.29 is 14.6 Å². The molecule has 1 aliphatic rings. The van der Waals surface area contributed by atoms with Gasteiger partial charge in [0.2, 0.25) is 0 Å². The fourth-order valence-corrected chi connectivity index (χ4v) is 3.25. The van der Waals surface area contributed by atoms with Crippen LogP contribution in [-0.2, 0) is 17.9 Å². The second-order valence-electron chi connectivity index (χ2n) is 6.95. The van der Waals surface area contributed by atoms with Crippen LogP contribution in [0.25, 0.3) is 0 Å². The molecule has 0 radical (unpaired) electrons. The number of hydrogen-bond acceptors (Lipinski definition) is 5. The van der Waals surface area contributed by atoms with E-state index in [0.29, 0.717) is 5.75 Å². The van der Waals surface area contributed by atoms with Gasteiger partial charge in [0.25, 0.3) is 5.91 Å². The van der Waals surface area contributed by atoms with E-state index < -0.39 is 6.10 Å². The average Bonchev–Trinajstić information content (AvgIpc) is 2.70. The topological polar surface area (TPSA) is 74.7 Å². The molecule has 2 aromatic rings. The number of hydrogen-bond donors (Lipinski definition) is 2. The van der Waals surface area contributed by atoms with Crippen molar-refractivity contribution in [3.8, 4) is 5.75 Å². The molecule has 1 atom stereocenters. The fourth-order valence-electron chi connectivity index (χ4n) is 3.25. The SMILES string of the molecule is CC(Oc1cccc(CO)c1)C(=O)NC1CCN(Cc2ccccn2)CC1. The highest BCUT2D eigenvalue weighted by Crippen LogP contribution is 2.16. The van der Waals surface area contributed by atoms with Crippen molar-refractivity contribution in [2.45, 2.75) is 45.1 Å². The molecule has 0 saturated carbocycles. The van der Waals surface area contributed by atoms with E-state index in [-0.39, 0.29) is 18.6 Å². The van der Waals surface area contributed by atoms with Crippen molar-refractivity contribution in [2.75, 3.05) is 13.1 Å². The number of amides is 1. The van der Waals surface area contributed by atoms with Crippen molar-refractivity contribution in [3.05, 3.63) is 59.9 Å². The number of aliphatic hydroxyl groups is 1. The number of nitrogens with zero attached hydrogens (tertiary/aromatic N) is 2. The van der Waals surface area contributed by atoms with Gasteiger partial charge in [-0.05, 0) is 49.6 Å². The Morgan fingerprint density at radius 3 is 2.81 bits per heavy atom. The molecule has 0 spiro atoms. The summed E-state index contributed by atoms with van der Waals surface area (Å²) in [6.45, 7) is 4.43. The van der Waals surface area contributed by atoms with Crippen LogP contribution in [0.5, 0.6) is 5.75 Å². The normalized spacial score (nSPS) is 16.7. The van der Waals surface area contributed by atoms with E-state index in [2.05, 4.69) is 15.2 Å². The molecule has 1 saturated heterocycles. The fraction of sp³-hybridized carbons (Fsp3) is 0.429. The van der Waals surface area contributed by atoms with Crippen molar-refractivity contribution in [2.24, 2.45) is 0 Å². The number of piperidine rings is 1. The molecule has 1 fully saturated rings. The maximum absolute atomic E-state index is 12.4. The van der Waals surface area contributed by atoms with Gasteiger partial charge in [0.05, 0.1) is 12.3 Å². The van der Waals surface area contributed by atoms with Crippen LogP contribution < -0.4 is 10.1 Å². The summed E-state index contributed by atoms with van der Waals surface area (Å²) in [5.74, 6) is 0.488. The van der Waals surface area contributed by atoms with E-state index in [0.717, 1.165) is 43.7 Å². The first-order valence-corrected chi connectivity index (χ1v) is 9.43. The molecular formula is C21H27N3O3. The number of benzene rings is 1. The summed E-state index contributed by atoms with van der Waals surface area (Å²) in [5, 5.41) is 12.3. The van der Waals surface area contributed by atoms with Crippen LogP contribution in [0.1, 0.15) is 31.0 Å². The Labute approximate surface area is 160 Å². The lowest BCUT2D eigenvalue weighted by Gasteiger charge is -2.32. The molecular weight excluding hydrogens is 342 g/mol. The summed E-state index contributed by atoms with van der Waals surface area (Å²) in [6, 6.07) is 13.3. The maximum Gasteiger partial charge on any atom is 0.260 e. The summed E-state index contributed by atoms with van der Waals surface area (Å²) >= 11 is 0. The number of carbonyl (C=O) groups is 1. The molecule has 1 amide bonds. The minimum absolute atomic E-state index is 0.0468. The van der Waals surface area contributed by atoms with Crippen LogP contribution in [0.15, 0.2) is 48.7 Å². The number of aliphatic hydroxyl groups excluding tert-OH is 1. The largest absolute Gasteiger partial charge is 0.481 e. The Morgan fingerprint density at radius 1 is 1.30 bits per heavy atom. The molecule has 3 rings (SSSR count). The molecule has 1 aromatic heterocycles. The van der Waals surface area contributed by atoms with Crippen LogP contribution in [0.2, 0.25) is 0 Å². The molecule has 144 valence electrons. The molecule has 1 unspecified atom stereocenters. The average molecular weight is 369 g/mol. The molecule has 6 nitrogen and oxygen atoms in total. The van der Waals surface area contributed by atoms with Crippen molar-refractivity contribution >= 4 is 5.91 Å². The first kappa shape index (κ1) is 19.3. The van der Waals surface area contributed by atoms with Gasteiger partial charge in [0, 0.05) is 31.9 Å². The van der Waals surface area contributed by atoms with Crippen LogP contribution in [0.3, 0.4) is 0 Å². The first-order chi connectivity index (χ1) is 13.1. The van der Waals surface area contributed by atoms with Crippen LogP contribution in [-0.4, -0.2) is 46.1 Å². The van der Waals surface area contributed by atoms with Crippen molar-refractivity contribution in [3.63, 3.8) is 0 Å². The van der Waals surface area contributed by atoms with Crippen molar-refractivity contribution in [1.29, 1.82) is 0 Å². The molecule has 2 N–H and O–H groups in total. The van der Waals surface area contributed by atoms with Gasteiger partial charge in [0.15, 0.2) is 6.10 Å². The monoisotopic (exact) mass is 369 g/mol. The number of pyridine rings is 1. The minimum atomic E-state index is -0.578. The highest BCUT2D eigenvalue weighted by molar-refractivity contribution is 5.81. The van der Waals surface area contributed by atoms with Gasteiger partial charge in [-0.15, -0.1) is 0 Å². The summed E-state index contributed by atoms with van der Waals surface area (Å²) in [7, 11) is 0. The van der Waals surface area contributed by atoms with E-state index >= 15 is 0 Å². The standard InChI is InChI=1S/C21H27N3O3/c1-16(27-20-7-4-5-17(13-20)15-25)21(26)23-18-8-11-24(12-9-18)14-19-6-2-3-10-22-19/h2-7,10,13,16,18,25H,8-9,11-12,14-15H2,1H3,(H,23,26). The first-order valence-electron chi connectivity index (χ1n) is 9.43. The van der Waals surface area contributed by atoms with Gasteiger partial charge in [-0.3, -0.25) is 14.7 Å². The lowest BCUT2D eigenvalue weighted by atomic mass is 10.0. The van der Waals surface area contributed by atoms with E-state index in [1.807, 2.05) is 36.5 Å². The van der Waals surface area contributed by atoms with E-state index in [1.54, 1.807) is 19.1 Å². The lowest BCUT2D eigenvalue weighted by molar-refractivity contribution is -0.128. The van der Waals surface area contributed by atoms with E-state index in [4.69, 9.17) is 4.74 Å². The zero-order chi connectivity index (χ0) is 19.1. The molecule has 2 heterocycles. The Hall–Kier alpha value is -2.44. The Bertz CT molecular complexity index is 730. The minimum Gasteiger partial charge on any atom is -0.481 e. The number of aromatic nitrogens is 1. The zero-order valence-electron chi connectivity index (χ0n) is 15.7. The third kappa shape index (κ3) is 5.77. The molecule has 1 aliphatic heterocycles. The summed E-state index contributed by atoms with van der Waals surface area (Å²) in [4.78, 5) is 19.2. The van der Waals surface area contributed by atoms with Gasteiger partial charge in [0.1, 0.15) is 5.75 Å². The molecule has 0 bridgehead atoms. The lowest BCUT2D eigenvalue weighted by Crippen LogP contribution is -2.47. The molecule has 0 aliphatic carbocycles. The Morgan fingerprint density at radius 2 is 2.11 bits per heavy atom. The molecule has 1 aromatic carbocycles. The van der Waals surface area contributed by atoms with Crippen molar-refractivity contribution in [1.82, 2.24) is 15.2 Å². The van der Waals surface area contributed by atoms with Gasteiger partial charge >= 0.3 is 0 Å². The third-order valence-corrected chi connectivity index (χ3v) is 4.81. The Kier molecular flexibility index (Phi) is 6.79. The second kappa shape index (κ2) is 9.48. The van der Waals surface area contributed by atoms with Gasteiger partial charge < -0.3 is 15.2 Å². The quantitative estimate of drug-likeness (QED) is 0.782. The van der Waals surface area contributed by atoms with Gasteiger partial charge in [-0.2, -0.15) is 0 Å². The summed E-state index contributed by atoms with van der Waals surface area (Å²) < 4.78 is 5.72. The smallest absolute Gasteiger partial charge is 0.260 e.